The molecule has 1 unspecified atom stereocenters. The first-order valence-electron chi connectivity index (χ1n) is 7.50. The molecular formula is C16H21ClN3O3+. The van der Waals surface area contributed by atoms with Gasteiger partial charge >= 0.3 is 12.0 Å². The number of hydrogen-bond acceptors (Lipinski definition) is 3. The number of amides is 2. The number of esters is 1. The molecule has 0 aromatic heterocycles. The monoisotopic (exact) mass is 338 g/mol. The fourth-order valence-electron chi connectivity index (χ4n) is 2.43. The molecule has 0 bridgehead atoms. The molecule has 0 radical (unpaired) electrons. The van der Waals surface area contributed by atoms with Gasteiger partial charge in [0.25, 0.3) is 0 Å². The van der Waals surface area contributed by atoms with Crippen LogP contribution in [0.4, 0.5) is 4.79 Å². The SMILES string of the molecule is CCOC(=O)C1=C(C[NH+](C)Cc2ccccc2Cl)NC(=O)NC1. The predicted molar refractivity (Wildman–Crippen MR) is 87.1 cm³/mol. The van der Waals surface area contributed by atoms with Crippen molar-refractivity contribution in [1.82, 2.24) is 10.6 Å². The predicted octanol–water partition coefficient (Wildman–Crippen LogP) is 0.485. The summed E-state index contributed by atoms with van der Waals surface area (Å²) in [5, 5.41) is 6.02. The van der Waals surface area contributed by atoms with E-state index in [2.05, 4.69) is 10.6 Å². The molecule has 1 heterocycles. The van der Waals surface area contributed by atoms with Gasteiger partial charge in [-0.15, -0.1) is 0 Å². The van der Waals surface area contributed by atoms with Crippen LogP contribution in [0.2, 0.25) is 5.02 Å². The van der Waals surface area contributed by atoms with Gasteiger partial charge in [-0.25, -0.2) is 9.59 Å². The third-order valence-electron chi connectivity index (χ3n) is 3.50. The number of urea groups is 1. The second-order valence-corrected chi connectivity index (χ2v) is 5.79. The lowest BCUT2D eigenvalue weighted by molar-refractivity contribution is -0.889. The van der Waals surface area contributed by atoms with E-state index in [1.54, 1.807) is 6.92 Å². The third-order valence-corrected chi connectivity index (χ3v) is 3.87. The molecule has 0 saturated carbocycles. The average Bonchev–Trinajstić information content (AvgIpc) is 2.50. The molecule has 6 nitrogen and oxygen atoms in total. The summed E-state index contributed by atoms with van der Waals surface area (Å²) in [5.41, 5.74) is 2.08. The van der Waals surface area contributed by atoms with Gasteiger partial charge in [0.2, 0.25) is 0 Å². The maximum absolute atomic E-state index is 12.0. The van der Waals surface area contributed by atoms with Crippen molar-refractivity contribution in [3.8, 4) is 0 Å². The molecule has 124 valence electrons. The Bertz CT molecular complexity index is 631. The highest BCUT2D eigenvalue weighted by Crippen LogP contribution is 2.13. The Labute approximate surface area is 140 Å². The zero-order chi connectivity index (χ0) is 16.8. The van der Waals surface area contributed by atoms with Crippen LogP contribution in [0.1, 0.15) is 12.5 Å². The number of halogens is 1. The summed E-state index contributed by atoms with van der Waals surface area (Å²) >= 11 is 6.18. The number of hydrogen-bond donors (Lipinski definition) is 3. The molecule has 0 spiro atoms. The van der Waals surface area contributed by atoms with Crippen LogP contribution >= 0.6 is 11.6 Å². The van der Waals surface area contributed by atoms with Gasteiger partial charge in [-0.2, -0.15) is 0 Å². The van der Waals surface area contributed by atoms with E-state index in [-0.39, 0.29) is 12.6 Å². The van der Waals surface area contributed by atoms with Gasteiger partial charge in [-0.1, -0.05) is 29.8 Å². The highest BCUT2D eigenvalue weighted by Gasteiger charge is 2.25. The number of rotatable bonds is 6. The lowest BCUT2D eigenvalue weighted by Gasteiger charge is -2.23. The molecule has 23 heavy (non-hydrogen) atoms. The number of benzene rings is 1. The van der Waals surface area contributed by atoms with Crippen LogP contribution in [0.15, 0.2) is 35.5 Å². The Balaban J connectivity index is 2.11. The standard InChI is InChI=1S/C16H20ClN3O3/c1-3-23-15(21)12-8-18-16(22)19-14(12)10-20(2)9-11-6-4-5-7-13(11)17/h4-7H,3,8-10H2,1-2H3,(H2,18,19,22)/p+1. The summed E-state index contributed by atoms with van der Waals surface area (Å²) in [6, 6.07) is 7.33. The van der Waals surface area contributed by atoms with Crippen LogP contribution in [0.3, 0.4) is 0 Å². The maximum Gasteiger partial charge on any atom is 0.337 e. The van der Waals surface area contributed by atoms with Gasteiger partial charge in [-0.3, -0.25) is 0 Å². The van der Waals surface area contributed by atoms with Crippen molar-refractivity contribution in [3.63, 3.8) is 0 Å². The van der Waals surface area contributed by atoms with Crippen LogP contribution in [0, 0.1) is 0 Å². The van der Waals surface area contributed by atoms with Gasteiger partial charge in [0.15, 0.2) is 0 Å². The fourth-order valence-corrected chi connectivity index (χ4v) is 2.63. The van der Waals surface area contributed by atoms with Crippen molar-refractivity contribution in [3.05, 3.63) is 46.1 Å². The van der Waals surface area contributed by atoms with Crippen LogP contribution < -0.4 is 15.5 Å². The minimum atomic E-state index is -0.402. The number of carbonyl (C=O) groups excluding carboxylic acids is 2. The molecule has 1 aromatic carbocycles. The van der Waals surface area contributed by atoms with E-state index in [4.69, 9.17) is 16.3 Å². The lowest BCUT2D eigenvalue weighted by atomic mass is 10.1. The van der Waals surface area contributed by atoms with Gasteiger partial charge in [-0.05, 0) is 13.0 Å². The summed E-state index contributed by atoms with van der Waals surface area (Å²) < 4.78 is 5.05. The fraction of sp³-hybridized carbons (Fsp3) is 0.375. The quantitative estimate of drug-likeness (QED) is 0.661. The summed E-state index contributed by atoms with van der Waals surface area (Å²) in [4.78, 5) is 24.7. The highest BCUT2D eigenvalue weighted by atomic mass is 35.5. The van der Waals surface area contributed by atoms with Crippen molar-refractivity contribution >= 4 is 23.6 Å². The van der Waals surface area contributed by atoms with Crippen molar-refractivity contribution in [2.75, 3.05) is 26.7 Å². The molecule has 2 amide bonds. The highest BCUT2D eigenvalue weighted by molar-refractivity contribution is 6.31. The molecule has 1 aliphatic heterocycles. The van der Waals surface area contributed by atoms with Crippen LogP contribution in [0.25, 0.3) is 0 Å². The number of ether oxygens (including phenoxy) is 1. The van der Waals surface area contributed by atoms with E-state index in [1.807, 2.05) is 31.3 Å². The second-order valence-electron chi connectivity index (χ2n) is 5.39. The normalized spacial score (nSPS) is 15.7. The number of likely N-dealkylation sites (N-methyl/N-ethyl adjacent to an activating group) is 1. The summed E-state index contributed by atoms with van der Waals surface area (Å²) in [6.07, 6.45) is 0. The number of carbonyl (C=O) groups is 2. The Morgan fingerprint density at radius 2 is 2.09 bits per heavy atom. The van der Waals surface area contributed by atoms with E-state index in [9.17, 15) is 9.59 Å². The summed E-state index contributed by atoms with van der Waals surface area (Å²) in [6.45, 7) is 3.41. The Kier molecular flexibility index (Phi) is 6.01. The molecule has 2 rings (SSSR count). The van der Waals surface area contributed by atoms with E-state index in [0.29, 0.717) is 36.0 Å². The molecule has 3 N–H and O–H groups in total. The number of quaternary nitrogens is 1. The summed E-state index contributed by atoms with van der Waals surface area (Å²) in [7, 11) is 1.98. The smallest absolute Gasteiger partial charge is 0.337 e. The molecular weight excluding hydrogens is 318 g/mol. The zero-order valence-corrected chi connectivity index (χ0v) is 14.0. The molecule has 1 atom stereocenters. The van der Waals surface area contributed by atoms with Crippen LogP contribution in [-0.2, 0) is 16.1 Å². The Hall–Kier alpha value is -2.05. The van der Waals surface area contributed by atoms with Gasteiger partial charge in [0.05, 0.1) is 31.5 Å². The van der Waals surface area contributed by atoms with E-state index >= 15 is 0 Å². The Morgan fingerprint density at radius 1 is 1.35 bits per heavy atom. The third kappa shape index (κ3) is 4.71. The number of nitrogens with one attached hydrogen (secondary N) is 3. The van der Waals surface area contributed by atoms with Crippen molar-refractivity contribution in [2.45, 2.75) is 13.5 Å². The summed E-state index contributed by atoms with van der Waals surface area (Å²) in [5.74, 6) is -0.402. The minimum absolute atomic E-state index is 0.180. The minimum Gasteiger partial charge on any atom is -0.463 e. The first-order chi connectivity index (χ1) is 11.0. The largest absolute Gasteiger partial charge is 0.463 e. The van der Waals surface area contributed by atoms with Crippen molar-refractivity contribution in [1.29, 1.82) is 0 Å². The maximum atomic E-state index is 12.0. The second kappa shape index (κ2) is 7.99. The van der Waals surface area contributed by atoms with Crippen LogP contribution in [-0.4, -0.2) is 38.7 Å². The van der Waals surface area contributed by atoms with Crippen LogP contribution in [0.5, 0.6) is 0 Å². The molecule has 0 aliphatic carbocycles. The topological polar surface area (TPSA) is 71.9 Å². The molecule has 0 fully saturated rings. The molecule has 7 heteroatoms. The van der Waals surface area contributed by atoms with E-state index < -0.39 is 5.97 Å². The first kappa shape index (κ1) is 17.3. The molecule has 0 saturated heterocycles. The first-order valence-corrected chi connectivity index (χ1v) is 7.87. The molecule has 1 aliphatic rings. The van der Waals surface area contributed by atoms with E-state index in [1.165, 1.54) is 0 Å². The van der Waals surface area contributed by atoms with E-state index in [0.717, 1.165) is 10.5 Å². The van der Waals surface area contributed by atoms with Gasteiger partial charge in [0, 0.05) is 10.6 Å². The van der Waals surface area contributed by atoms with Crippen molar-refractivity contribution in [2.24, 2.45) is 0 Å². The van der Waals surface area contributed by atoms with Gasteiger partial charge < -0.3 is 20.3 Å². The van der Waals surface area contributed by atoms with Gasteiger partial charge in [0.1, 0.15) is 13.1 Å². The average molecular weight is 339 g/mol. The molecule has 1 aromatic rings. The lowest BCUT2D eigenvalue weighted by Crippen LogP contribution is -3.08. The zero-order valence-electron chi connectivity index (χ0n) is 13.2. The van der Waals surface area contributed by atoms with Crippen molar-refractivity contribution < 1.29 is 19.2 Å². The Morgan fingerprint density at radius 3 is 2.78 bits per heavy atom.